The summed E-state index contributed by atoms with van der Waals surface area (Å²) < 4.78 is 12.5. The largest absolute Gasteiger partial charge is 0.419 e. The van der Waals surface area contributed by atoms with Crippen LogP contribution in [0, 0.1) is 5.92 Å². The highest BCUT2D eigenvalue weighted by Crippen LogP contribution is 2.30. The lowest BCUT2D eigenvalue weighted by Crippen LogP contribution is -2.28. The van der Waals surface area contributed by atoms with Crippen LogP contribution in [-0.4, -0.2) is 24.3 Å². The van der Waals surface area contributed by atoms with E-state index in [2.05, 4.69) is 18.3 Å². The molecule has 1 fully saturated rings. The van der Waals surface area contributed by atoms with E-state index in [-0.39, 0.29) is 11.8 Å². The molecule has 1 aliphatic heterocycles. The molecule has 0 spiro atoms. The van der Waals surface area contributed by atoms with E-state index in [4.69, 9.17) is 9.15 Å². The lowest BCUT2D eigenvalue weighted by atomic mass is 9.92. The van der Waals surface area contributed by atoms with Gasteiger partial charge in [-0.15, -0.1) is 0 Å². The van der Waals surface area contributed by atoms with Gasteiger partial charge in [0.15, 0.2) is 5.58 Å². The number of hydrogen-bond donors (Lipinski definition) is 1. The summed E-state index contributed by atoms with van der Waals surface area (Å²) >= 11 is 0. The van der Waals surface area contributed by atoms with E-state index in [1.165, 1.54) is 0 Å². The molecule has 0 amide bonds. The lowest BCUT2D eigenvalue weighted by molar-refractivity contribution is 0.177. The predicted octanol–water partition coefficient (Wildman–Crippen LogP) is 2.30. The second-order valence-corrected chi connectivity index (χ2v) is 5.50. The van der Waals surface area contributed by atoms with Crippen LogP contribution < -0.4 is 11.1 Å². The van der Waals surface area contributed by atoms with Crippen LogP contribution in [-0.2, 0) is 11.3 Å². The molecular weight excluding hydrogens is 268 g/mol. The number of benzene rings is 1. The third-order valence-electron chi connectivity index (χ3n) is 4.23. The number of ether oxygens (including phenoxy) is 1. The van der Waals surface area contributed by atoms with Crippen molar-refractivity contribution in [2.24, 2.45) is 5.92 Å². The van der Waals surface area contributed by atoms with Crippen molar-refractivity contribution in [3.8, 4) is 0 Å². The maximum atomic E-state index is 11.8. The Morgan fingerprint density at radius 3 is 2.95 bits per heavy atom. The molecule has 2 aromatic rings. The molecule has 21 heavy (non-hydrogen) atoms. The molecule has 1 saturated heterocycles. The number of nitrogens with one attached hydrogen (secondary N) is 1. The number of hydrogen-bond acceptors (Lipinski definition) is 4. The highest BCUT2D eigenvalue weighted by atomic mass is 16.5. The van der Waals surface area contributed by atoms with Gasteiger partial charge in [0.2, 0.25) is 0 Å². The molecule has 1 aliphatic rings. The Labute approximate surface area is 123 Å². The summed E-state index contributed by atoms with van der Waals surface area (Å²) in [5.41, 5.74) is 2.70. The van der Waals surface area contributed by atoms with E-state index in [1.807, 2.05) is 19.1 Å². The molecule has 2 atom stereocenters. The fraction of sp³-hybridized carbons (Fsp3) is 0.562. The summed E-state index contributed by atoms with van der Waals surface area (Å²) in [5, 5.41) is 3.53. The van der Waals surface area contributed by atoms with Crippen LogP contribution in [0.25, 0.3) is 11.1 Å². The predicted molar refractivity (Wildman–Crippen MR) is 81.5 cm³/mol. The average Bonchev–Trinajstić information content (AvgIpc) is 3.10. The molecule has 2 heterocycles. The minimum atomic E-state index is -0.283. The zero-order valence-corrected chi connectivity index (χ0v) is 12.6. The van der Waals surface area contributed by atoms with E-state index in [1.54, 1.807) is 4.57 Å². The SMILES string of the molecule is CCNC(c1ccc2c(c1)oc(=O)n2CC)C1CCOC1. The van der Waals surface area contributed by atoms with Crippen molar-refractivity contribution in [2.45, 2.75) is 32.9 Å². The highest BCUT2D eigenvalue weighted by Gasteiger charge is 2.27. The van der Waals surface area contributed by atoms with Gasteiger partial charge in [0, 0.05) is 25.1 Å². The number of nitrogens with zero attached hydrogens (tertiary/aromatic N) is 1. The third kappa shape index (κ3) is 2.63. The fourth-order valence-corrected chi connectivity index (χ4v) is 3.17. The van der Waals surface area contributed by atoms with Crippen LogP contribution in [0.2, 0.25) is 0 Å². The zero-order valence-electron chi connectivity index (χ0n) is 12.6. The molecule has 2 unspecified atom stereocenters. The minimum absolute atomic E-state index is 0.247. The quantitative estimate of drug-likeness (QED) is 0.918. The Morgan fingerprint density at radius 2 is 2.29 bits per heavy atom. The normalized spacial score (nSPS) is 20.2. The monoisotopic (exact) mass is 290 g/mol. The smallest absolute Gasteiger partial charge is 0.408 e. The second kappa shape index (κ2) is 6.03. The van der Waals surface area contributed by atoms with Gasteiger partial charge in [-0.3, -0.25) is 4.57 Å². The zero-order chi connectivity index (χ0) is 14.8. The summed E-state index contributed by atoms with van der Waals surface area (Å²) in [6, 6.07) is 6.32. The highest BCUT2D eigenvalue weighted by molar-refractivity contribution is 5.74. The molecule has 0 radical (unpaired) electrons. The summed E-state index contributed by atoms with van der Waals surface area (Å²) in [5.74, 6) is 0.191. The van der Waals surface area contributed by atoms with Crippen LogP contribution in [0.5, 0.6) is 0 Å². The van der Waals surface area contributed by atoms with Crippen molar-refractivity contribution in [1.82, 2.24) is 9.88 Å². The molecule has 0 saturated carbocycles. The van der Waals surface area contributed by atoms with Crippen LogP contribution in [0.15, 0.2) is 27.4 Å². The standard InChI is InChI=1S/C16H22N2O3/c1-3-17-15(12-7-8-20-10-12)11-5-6-13-14(9-11)21-16(19)18(13)4-2/h5-6,9,12,15,17H,3-4,7-8,10H2,1-2H3. The summed E-state index contributed by atoms with van der Waals surface area (Å²) in [4.78, 5) is 11.8. The number of oxazole rings is 1. The molecule has 5 nitrogen and oxygen atoms in total. The van der Waals surface area contributed by atoms with Gasteiger partial charge < -0.3 is 14.5 Å². The van der Waals surface area contributed by atoms with Crippen molar-refractivity contribution in [3.05, 3.63) is 34.3 Å². The first-order valence-electron chi connectivity index (χ1n) is 7.69. The second-order valence-electron chi connectivity index (χ2n) is 5.50. The first-order chi connectivity index (χ1) is 10.2. The molecule has 0 aliphatic carbocycles. The van der Waals surface area contributed by atoms with E-state index in [0.29, 0.717) is 18.0 Å². The van der Waals surface area contributed by atoms with Gasteiger partial charge in [-0.1, -0.05) is 13.0 Å². The van der Waals surface area contributed by atoms with Crippen LogP contribution in [0.3, 0.4) is 0 Å². The Hall–Kier alpha value is -1.59. The van der Waals surface area contributed by atoms with Crippen molar-refractivity contribution < 1.29 is 9.15 Å². The number of aryl methyl sites for hydroxylation is 1. The third-order valence-corrected chi connectivity index (χ3v) is 4.23. The van der Waals surface area contributed by atoms with Crippen molar-refractivity contribution in [1.29, 1.82) is 0 Å². The molecule has 1 aromatic heterocycles. The number of rotatable bonds is 5. The van der Waals surface area contributed by atoms with Gasteiger partial charge in [0.25, 0.3) is 0 Å². The average molecular weight is 290 g/mol. The van der Waals surface area contributed by atoms with Gasteiger partial charge in [-0.05, 0) is 37.6 Å². The first kappa shape index (κ1) is 14.4. The number of aromatic nitrogens is 1. The van der Waals surface area contributed by atoms with Crippen LogP contribution >= 0.6 is 0 Å². The summed E-state index contributed by atoms with van der Waals surface area (Å²) in [6.07, 6.45) is 1.07. The van der Waals surface area contributed by atoms with Gasteiger partial charge >= 0.3 is 5.76 Å². The van der Waals surface area contributed by atoms with Crippen molar-refractivity contribution >= 4 is 11.1 Å². The van der Waals surface area contributed by atoms with Gasteiger partial charge in [-0.2, -0.15) is 0 Å². The van der Waals surface area contributed by atoms with E-state index >= 15 is 0 Å². The topological polar surface area (TPSA) is 56.4 Å². The molecule has 1 aromatic carbocycles. The van der Waals surface area contributed by atoms with Gasteiger partial charge in [0.05, 0.1) is 12.1 Å². The Bertz CT molecular complexity index is 668. The van der Waals surface area contributed by atoms with E-state index in [0.717, 1.165) is 37.3 Å². The minimum Gasteiger partial charge on any atom is -0.408 e. The summed E-state index contributed by atoms with van der Waals surface area (Å²) in [7, 11) is 0. The van der Waals surface area contributed by atoms with Crippen LogP contribution in [0.1, 0.15) is 31.9 Å². The van der Waals surface area contributed by atoms with E-state index < -0.39 is 0 Å². The van der Waals surface area contributed by atoms with Crippen LogP contribution in [0.4, 0.5) is 0 Å². The Balaban J connectivity index is 1.99. The van der Waals surface area contributed by atoms with Crippen molar-refractivity contribution in [3.63, 3.8) is 0 Å². The molecular formula is C16H22N2O3. The fourth-order valence-electron chi connectivity index (χ4n) is 3.17. The molecule has 114 valence electrons. The Kier molecular flexibility index (Phi) is 4.12. The van der Waals surface area contributed by atoms with Gasteiger partial charge in [0.1, 0.15) is 0 Å². The maximum Gasteiger partial charge on any atom is 0.419 e. The van der Waals surface area contributed by atoms with E-state index in [9.17, 15) is 4.79 Å². The number of fused-ring (bicyclic) bond motifs is 1. The molecule has 0 bridgehead atoms. The van der Waals surface area contributed by atoms with Crippen molar-refractivity contribution in [2.75, 3.05) is 19.8 Å². The molecule has 1 N–H and O–H groups in total. The molecule has 3 rings (SSSR count). The Morgan fingerprint density at radius 1 is 1.43 bits per heavy atom. The molecule has 5 heteroatoms. The lowest BCUT2D eigenvalue weighted by Gasteiger charge is -2.23. The van der Waals surface area contributed by atoms with Gasteiger partial charge in [-0.25, -0.2) is 4.79 Å². The first-order valence-corrected chi connectivity index (χ1v) is 7.69. The maximum absolute atomic E-state index is 11.8. The summed E-state index contributed by atoms with van der Waals surface area (Å²) in [6.45, 7) is 7.19.